The zero-order valence-electron chi connectivity index (χ0n) is 18.2. The molecule has 2 fully saturated rings. The van der Waals surface area contributed by atoms with Gasteiger partial charge in [-0.1, -0.05) is 18.2 Å². The molecule has 0 bridgehead atoms. The highest BCUT2D eigenvalue weighted by molar-refractivity contribution is 5.91. The van der Waals surface area contributed by atoms with Crippen molar-refractivity contribution in [2.75, 3.05) is 0 Å². The number of esters is 1. The van der Waals surface area contributed by atoms with Crippen LogP contribution in [0.1, 0.15) is 72.9 Å². The van der Waals surface area contributed by atoms with Gasteiger partial charge in [0.1, 0.15) is 23.5 Å². The molecule has 4 atom stereocenters. The van der Waals surface area contributed by atoms with E-state index in [4.69, 9.17) is 10.00 Å². The van der Waals surface area contributed by atoms with Crippen molar-refractivity contribution in [2.24, 2.45) is 17.8 Å². The molecule has 2 aliphatic carbocycles. The number of nitriles is 1. The van der Waals surface area contributed by atoms with Gasteiger partial charge in [-0.25, -0.2) is 13.6 Å². The molecule has 0 aromatic heterocycles. The third-order valence-electron chi connectivity index (χ3n) is 7.07. The fourth-order valence-corrected chi connectivity index (χ4v) is 5.46. The largest absolute Gasteiger partial charge is 0.423 e. The van der Waals surface area contributed by atoms with Gasteiger partial charge in [0, 0.05) is 6.07 Å². The van der Waals surface area contributed by atoms with Crippen LogP contribution in [0.15, 0.2) is 48.6 Å². The second kappa shape index (κ2) is 9.65. The minimum Gasteiger partial charge on any atom is -0.423 e. The van der Waals surface area contributed by atoms with Crippen LogP contribution in [0.2, 0.25) is 0 Å². The van der Waals surface area contributed by atoms with Crippen LogP contribution in [-0.2, 0) is 0 Å². The Morgan fingerprint density at radius 2 is 1.81 bits per heavy atom. The topological polar surface area (TPSA) is 50.1 Å². The van der Waals surface area contributed by atoms with Crippen molar-refractivity contribution in [2.45, 2.75) is 51.4 Å². The van der Waals surface area contributed by atoms with E-state index in [0.717, 1.165) is 31.2 Å². The number of fused-ring (bicyclic) bond motifs is 1. The predicted octanol–water partition coefficient (Wildman–Crippen LogP) is 6.93. The first kappa shape index (κ1) is 22.2. The number of nitrogens with zero attached hydrogens (tertiary/aromatic N) is 1. The molecule has 0 amide bonds. The number of hydrogen-bond donors (Lipinski definition) is 0. The van der Waals surface area contributed by atoms with E-state index < -0.39 is 17.6 Å². The van der Waals surface area contributed by atoms with Crippen molar-refractivity contribution in [1.82, 2.24) is 0 Å². The summed E-state index contributed by atoms with van der Waals surface area (Å²) in [5.74, 6) is 0.285. The van der Waals surface area contributed by atoms with Crippen molar-refractivity contribution in [3.63, 3.8) is 0 Å². The summed E-state index contributed by atoms with van der Waals surface area (Å²) in [5, 5.41) is 8.79. The summed E-state index contributed by atoms with van der Waals surface area (Å²) in [4.78, 5) is 12.4. The van der Waals surface area contributed by atoms with Crippen LogP contribution in [0.3, 0.4) is 0 Å². The van der Waals surface area contributed by atoms with Gasteiger partial charge in [-0.3, -0.25) is 0 Å². The van der Waals surface area contributed by atoms with Gasteiger partial charge in [0.05, 0.1) is 11.1 Å². The number of hydrogen-bond acceptors (Lipinski definition) is 3. The SMILES string of the molecule is C/C=C/C1CCC2CC(c3ccc(C(=O)Oc4ccc(C#N)c(F)c4)cc3F)CCC2C1. The third kappa shape index (κ3) is 4.75. The fraction of sp³-hybridized carbons (Fsp3) is 0.407. The van der Waals surface area contributed by atoms with E-state index in [1.54, 1.807) is 18.2 Å². The van der Waals surface area contributed by atoms with Crippen molar-refractivity contribution in [3.05, 3.63) is 76.9 Å². The highest BCUT2D eigenvalue weighted by Crippen LogP contribution is 2.48. The van der Waals surface area contributed by atoms with E-state index in [1.807, 2.05) is 0 Å². The number of halogens is 2. The highest BCUT2D eigenvalue weighted by Gasteiger charge is 2.36. The lowest BCUT2D eigenvalue weighted by molar-refractivity contribution is 0.0733. The van der Waals surface area contributed by atoms with Gasteiger partial charge >= 0.3 is 5.97 Å². The molecule has 2 aliphatic rings. The molecule has 2 aromatic carbocycles. The van der Waals surface area contributed by atoms with E-state index in [0.29, 0.717) is 17.4 Å². The molecule has 0 radical (unpaired) electrons. The Labute approximate surface area is 187 Å². The van der Waals surface area contributed by atoms with E-state index in [-0.39, 0.29) is 22.8 Å². The molecule has 32 heavy (non-hydrogen) atoms. The number of ether oxygens (including phenoxy) is 1. The summed E-state index contributed by atoms with van der Waals surface area (Å²) in [5.41, 5.74) is 0.613. The van der Waals surface area contributed by atoms with Crippen LogP contribution in [0, 0.1) is 40.7 Å². The second-order valence-corrected chi connectivity index (χ2v) is 9.01. The molecule has 4 unspecified atom stereocenters. The summed E-state index contributed by atoms with van der Waals surface area (Å²) in [6.45, 7) is 2.08. The first-order chi connectivity index (χ1) is 15.5. The lowest BCUT2D eigenvalue weighted by Crippen LogP contribution is -2.30. The van der Waals surface area contributed by atoms with E-state index in [2.05, 4.69) is 19.1 Å². The maximum atomic E-state index is 15.0. The van der Waals surface area contributed by atoms with Crippen LogP contribution in [-0.4, -0.2) is 5.97 Å². The molecule has 4 rings (SSSR count). The van der Waals surface area contributed by atoms with E-state index in [1.165, 1.54) is 37.5 Å². The van der Waals surface area contributed by atoms with Crippen molar-refractivity contribution in [3.8, 4) is 11.8 Å². The molecule has 0 aliphatic heterocycles. The number of allylic oxidation sites excluding steroid dienone is 2. The van der Waals surface area contributed by atoms with Gasteiger partial charge in [-0.15, -0.1) is 0 Å². The Kier molecular flexibility index (Phi) is 6.69. The van der Waals surface area contributed by atoms with Gasteiger partial charge in [0.15, 0.2) is 0 Å². The predicted molar refractivity (Wildman–Crippen MR) is 118 cm³/mol. The van der Waals surface area contributed by atoms with E-state index in [9.17, 15) is 13.6 Å². The number of carbonyl (C=O) groups is 1. The molecular weight excluding hydrogens is 408 g/mol. The summed E-state index contributed by atoms with van der Waals surface area (Å²) < 4.78 is 33.9. The van der Waals surface area contributed by atoms with Crippen LogP contribution in [0.25, 0.3) is 0 Å². The van der Waals surface area contributed by atoms with Gasteiger partial charge < -0.3 is 4.74 Å². The molecule has 2 aromatic rings. The Hall–Kier alpha value is -3.00. The van der Waals surface area contributed by atoms with Gasteiger partial charge in [-0.05, 0) is 98.9 Å². The first-order valence-electron chi connectivity index (χ1n) is 11.3. The Bertz CT molecular complexity index is 1070. The van der Waals surface area contributed by atoms with Crippen LogP contribution >= 0.6 is 0 Å². The fourth-order valence-electron chi connectivity index (χ4n) is 5.46. The minimum atomic E-state index is -0.769. The van der Waals surface area contributed by atoms with E-state index >= 15 is 0 Å². The lowest BCUT2D eigenvalue weighted by atomic mass is 9.64. The molecule has 3 nitrogen and oxygen atoms in total. The van der Waals surface area contributed by atoms with Crippen LogP contribution < -0.4 is 4.74 Å². The molecule has 0 heterocycles. The van der Waals surface area contributed by atoms with Gasteiger partial charge in [0.25, 0.3) is 0 Å². The Morgan fingerprint density at radius 1 is 1.03 bits per heavy atom. The Balaban J connectivity index is 1.42. The second-order valence-electron chi connectivity index (χ2n) is 9.01. The van der Waals surface area contributed by atoms with Crippen LogP contribution in [0.4, 0.5) is 8.78 Å². The zero-order chi connectivity index (χ0) is 22.7. The van der Waals surface area contributed by atoms with Crippen LogP contribution in [0.5, 0.6) is 5.75 Å². The Morgan fingerprint density at radius 3 is 2.53 bits per heavy atom. The standard InChI is InChI=1S/C27H27F2NO2/c1-2-3-17-4-5-19-13-20(7-6-18(19)12-17)24-11-9-21(14-26(24)29)27(31)32-23-10-8-22(16-30)25(28)15-23/h2-3,8-11,14-15,17-20H,4-7,12-13H2,1H3/b3-2+. The lowest BCUT2D eigenvalue weighted by Gasteiger charge is -2.41. The third-order valence-corrected chi connectivity index (χ3v) is 7.07. The monoisotopic (exact) mass is 435 g/mol. The minimum absolute atomic E-state index is 0.0252. The molecule has 166 valence electrons. The summed E-state index contributed by atoms with van der Waals surface area (Å²) in [6.07, 6.45) is 11.2. The smallest absolute Gasteiger partial charge is 0.343 e. The highest BCUT2D eigenvalue weighted by atomic mass is 19.1. The number of benzene rings is 2. The zero-order valence-corrected chi connectivity index (χ0v) is 18.2. The van der Waals surface area contributed by atoms with Gasteiger partial charge in [0.2, 0.25) is 0 Å². The molecule has 0 N–H and O–H groups in total. The molecule has 0 saturated heterocycles. The molecular formula is C27H27F2NO2. The van der Waals surface area contributed by atoms with Gasteiger partial charge in [-0.2, -0.15) is 5.26 Å². The average molecular weight is 436 g/mol. The van der Waals surface area contributed by atoms with Crippen molar-refractivity contribution < 1.29 is 18.3 Å². The number of rotatable bonds is 4. The maximum absolute atomic E-state index is 15.0. The quantitative estimate of drug-likeness (QED) is 0.297. The first-order valence-corrected chi connectivity index (χ1v) is 11.3. The maximum Gasteiger partial charge on any atom is 0.343 e. The summed E-state index contributed by atoms with van der Waals surface area (Å²) >= 11 is 0. The normalized spacial score (nSPS) is 25.2. The molecule has 0 spiro atoms. The van der Waals surface area contributed by atoms with Crippen molar-refractivity contribution in [1.29, 1.82) is 5.26 Å². The van der Waals surface area contributed by atoms with Crippen molar-refractivity contribution >= 4 is 5.97 Å². The average Bonchev–Trinajstić information content (AvgIpc) is 2.79. The number of carbonyl (C=O) groups excluding carboxylic acids is 1. The summed E-state index contributed by atoms with van der Waals surface area (Å²) in [7, 11) is 0. The molecule has 2 saturated carbocycles. The molecule has 5 heteroatoms. The summed E-state index contributed by atoms with van der Waals surface area (Å²) in [6, 6.07) is 9.76.